The SMILES string of the molecule is CCNC(=NCc1cccc(S(=O)(=O)NC)c1)NC(C)CCC(C)(C)C.I. The van der Waals surface area contributed by atoms with Gasteiger partial charge in [-0.2, -0.15) is 0 Å². The fourth-order valence-electron chi connectivity index (χ4n) is 2.37. The molecule has 0 amide bonds. The van der Waals surface area contributed by atoms with Crippen molar-refractivity contribution in [2.24, 2.45) is 10.4 Å². The van der Waals surface area contributed by atoms with Crippen LogP contribution in [0.1, 0.15) is 53.0 Å². The molecule has 1 rings (SSSR count). The van der Waals surface area contributed by atoms with Gasteiger partial charge in [0.05, 0.1) is 11.4 Å². The van der Waals surface area contributed by atoms with Crippen molar-refractivity contribution in [2.75, 3.05) is 13.6 Å². The Kier molecular flexibility index (Phi) is 11.5. The van der Waals surface area contributed by atoms with E-state index in [4.69, 9.17) is 0 Å². The quantitative estimate of drug-likeness (QED) is 0.284. The Balaban J connectivity index is 0.00000676. The number of halogens is 1. The van der Waals surface area contributed by atoms with Crippen LogP contribution >= 0.6 is 24.0 Å². The number of hydrogen-bond donors (Lipinski definition) is 3. The molecule has 0 spiro atoms. The maximum absolute atomic E-state index is 11.9. The van der Waals surface area contributed by atoms with Crippen molar-refractivity contribution in [3.8, 4) is 0 Å². The largest absolute Gasteiger partial charge is 0.357 e. The first kappa shape index (κ1) is 26.1. The lowest BCUT2D eigenvalue weighted by atomic mass is 9.89. The first-order valence-electron chi connectivity index (χ1n) is 9.14. The maximum atomic E-state index is 11.9. The van der Waals surface area contributed by atoms with Crippen molar-refractivity contribution in [1.29, 1.82) is 0 Å². The lowest BCUT2D eigenvalue weighted by Crippen LogP contribution is -2.42. The normalized spacial score (nSPS) is 13.6. The number of nitrogens with zero attached hydrogens (tertiary/aromatic N) is 1. The molecular weight excluding hydrogens is 475 g/mol. The summed E-state index contributed by atoms with van der Waals surface area (Å²) in [6.07, 6.45) is 2.19. The van der Waals surface area contributed by atoms with Crippen molar-refractivity contribution in [3.05, 3.63) is 29.8 Å². The van der Waals surface area contributed by atoms with E-state index in [1.165, 1.54) is 7.05 Å². The molecule has 0 bridgehead atoms. The minimum absolute atomic E-state index is 0. The summed E-state index contributed by atoms with van der Waals surface area (Å²) in [6, 6.07) is 7.16. The van der Waals surface area contributed by atoms with Gasteiger partial charge in [0.25, 0.3) is 0 Å². The highest BCUT2D eigenvalue weighted by atomic mass is 127. The van der Waals surface area contributed by atoms with Gasteiger partial charge in [-0.15, -0.1) is 24.0 Å². The molecule has 0 fully saturated rings. The molecule has 0 saturated carbocycles. The van der Waals surface area contributed by atoms with Gasteiger partial charge in [-0.25, -0.2) is 18.1 Å². The first-order valence-corrected chi connectivity index (χ1v) is 10.6. The van der Waals surface area contributed by atoms with Gasteiger partial charge in [0.15, 0.2) is 5.96 Å². The maximum Gasteiger partial charge on any atom is 0.240 e. The number of hydrogen-bond acceptors (Lipinski definition) is 3. The Morgan fingerprint density at radius 2 is 1.93 bits per heavy atom. The van der Waals surface area contributed by atoms with Crippen LogP contribution in [0.4, 0.5) is 0 Å². The highest BCUT2D eigenvalue weighted by Gasteiger charge is 2.14. The van der Waals surface area contributed by atoms with Gasteiger partial charge in [0.1, 0.15) is 0 Å². The summed E-state index contributed by atoms with van der Waals surface area (Å²) in [5.74, 6) is 0.746. The molecule has 0 aromatic heterocycles. The zero-order chi connectivity index (χ0) is 19.8. The summed E-state index contributed by atoms with van der Waals surface area (Å²) < 4.78 is 26.2. The average molecular weight is 510 g/mol. The van der Waals surface area contributed by atoms with E-state index in [1.54, 1.807) is 18.2 Å². The Morgan fingerprint density at radius 1 is 1.26 bits per heavy atom. The van der Waals surface area contributed by atoms with Crippen LogP contribution in [-0.2, 0) is 16.6 Å². The van der Waals surface area contributed by atoms with Gasteiger partial charge in [-0.05, 0) is 56.8 Å². The summed E-state index contributed by atoms with van der Waals surface area (Å²) in [5.41, 5.74) is 1.16. The average Bonchev–Trinajstić information content (AvgIpc) is 2.58. The van der Waals surface area contributed by atoms with E-state index in [1.807, 2.05) is 13.0 Å². The van der Waals surface area contributed by atoms with E-state index in [0.29, 0.717) is 18.0 Å². The number of sulfonamides is 1. The third-order valence-corrected chi connectivity index (χ3v) is 5.36. The molecule has 3 N–H and O–H groups in total. The van der Waals surface area contributed by atoms with E-state index in [9.17, 15) is 8.42 Å². The molecule has 0 aliphatic carbocycles. The van der Waals surface area contributed by atoms with Crippen molar-refractivity contribution in [2.45, 2.75) is 64.9 Å². The van der Waals surface area contributed by atoms with Gasteiger partial charge in [0, 0.05) is 12.6 Å². The predicted octanol–water partition coefficient (Wildman–Crippen LogP) is 3.48. The van der Waals surface area contributed by atoms with Crippen LogP contribution < -0.4 is 15.4 Å². The minimum atomic E-state index is -3.44. The smallest absolute Gasteiger partial charge is 0.240 e. The number of guanidine groups is 1. The fraction of sp³-hybridized carbons (Fsp3) is 0.632. The molecule has 1 atom stereocenters. The molecule has 0 aliphatic heterocycles. The van der Waals surface area contributed by atoms with E-state index in [0.717, 1.165) is 30.9 Å². The first-order chi connectivity index (χ1) is 12.1. The third kappa shape index (κ3) is 10.3. The van der Waals surface area contributed by atoms with Crippen LogP contribution in [0.25, 0.3) is 0 Å². The van der Waals surface area contributed by atoms with Crippen LogP contribution in [-0.4, -0.2) is 34.0 Å². The molecule has 1 aromatic rings. The van der Waals surface area contributed by atoms with E-state index in [-0.39, 0.29) is 28.9 Å². The van der Waals surface area contributed by atoms with Crippen LogP contribution in [0.15, 0.2) is 34.2 Å². The van der Waals surface area contributed by atoms with Gasteiger partial charge < -0.3 is 10.6 Å². The fourth-order valence-corrected chi connectivity index (χ4v) is 3.17. The second-order valence-corrected chi connectivity index (χ2v) is 9.58. The zero-order valence-corrected chi connectivity index (χ0v) is 20.4. The number of rotatable bonds is 8. The lowest BCUT2D eigenvalue weighted by molar-refractivity contribution is 0.346. The lowest BCUT2D eigenvalue weighted by Gasteiger charge is -2.23. The van der Waals surface area contributed by atoms with Crippen LogP contribution in [0.5, 0.6) is 0 Å². The van der Waals surface area contributed by atoms with Crippen molar-refractivity contribution in [3.63, 3.8) is 0 Å². The van der Waals surface area contributed by atoms with Crippen molar-refractivity contribution in [1.82, 2.24) is 15.4 Å². The Bertz CT molecular complexity index is 700. The van der Waals surface area contributed by atoms with Crippen LogP contribution in [0.2, 0.25) is 0 Å². The minimum Gasteiger partial charge on any atom is -0.357 e. The van der Waals surface area contributed by atoms with Crippen molar-refractivity contribution < 1.29 is 8.42 Å². The monoisotopic (exact) mass is 510 g/mol. The summed E-state index contributed by atoms with van der Waals surface area (Å²) in [4.78, 5) is 4.85. The van der Waals surface area contributed by atoms with E-state index >= 15 is 0 Å². The third-order valence-electron chi connectivity index (χ3n) is 3.95. The summed E-state index contributed by atoms with van der Waals surface area (Å²) in [7, 11) is -2.03. The second kappa shape index (κ2) is 11.9. The molecular formula is C19H35IN4O2S. The van der Waals surface area contributed by atoms with Gasteiger partial charge >= 0.3 is 0 Å². The zero-order valence-electron chi connectivity index (χ0n) is 17.3. The Morgan fingerprint density at radius 3 is 2.48 bits per heavy atom. The van der Waals surface area contributed by atoms with Gasteiger partial charge in [-0.3, -0.25) is 0 Å². The molecule has 156 valence electrons. The number of benzene rings is 1. The molecule has 0 heterocycles. The summed E-state index contributed by atoms with van der Waals surface area (Å²) >= 11 is 0. The molecule has 0 saturated heterocycles. The molecule has 1 unspecified atom stereocenters. The molecule has 0 radical (unpaired) electrons. The molecule has 27 heavy (non-hydrogen) atoms. The van der Waals surface area contributed by atoms with Gasteiger partial charge in [0.2, 0.25) is 10.0 Å². The summed E-state index contributed by atoms with van der Waals surface area (Å²) in [6.45, 7) is 12.1. The molecule has 8 heteroatoms. The predicted molar refractivity (Wildman–Crippen MR) is 124 cm³/mol. The topological polar surface area (TPSA) is 82.6 Å². The van der Waals surface area contributed by atoms with E-state index in [2.05, 4.69) is 48.0 Å². The van der Waals surface area contributed by atoms with Crippen LogP contribution in [0, 0.1) is 5.41 Å². The number of aliphatic imine (C=N–C) groups is 1. The highest BCUT2D eigenvalue weighted by molar-refractivity contribution is 14.0. The van der Waals surface area contributed by atoms with E-state index < -0.39 is 10.0 Å². The molecule has 0 aliphatic rings. The Hall–Kier alpha value is -0.870. The standard InChI is InChI=1S/C19H34N4O2S.HI/c1-7-21-18(23-15(2)11-12-19(3,4)5)22-14-16-9-8-10-17(13-16)26(24,25)20-6;/h8-10,13,15,20H,7,11-12,14H2,1-6H3,(H2,21,22,23);1H. The van der Waals surface area contributed by atoms with Gasteiger partial charge in [-0.1, -0.05) is 32.9 Å². The summed E-state index contributed by atoms with van der Waals surface area (Å²) in [5, 5.41) is 6.67. The van der Waals surface area contributed by atoms with Crippen molar-refractivity contribution >= 4 is 40.0 Å². The molecule has 1 aromatic carbocycles. The Labute approximate surface area is 182 Å². The van der Waals surface area contributed by atoms with Crippen LogP contribution in [0.3, 0.4) is 0 Å². The second-order valence-electron chi connectivity index (χ2n) is 7.69. The highest BCUT2D eigenvalue weighted by Crippen LogP contribution is 2.21. The number of nitrogens with one attached hydrogen (secondary N) is 3. The molecule has 6 nitrogen and oxygen atoms in total.